The van der Waals surface area contributed by atoms with Crippen LogP contribution in [0.1, 0.15) is 5.56 Å². The third kappa shape index (κ3) is 3.04. The highest BCUT2D eigenvalue weighted by Crippen LogP contribution is 2.17. The van der Waals surface area contributed by atoms with Gasteiger partial charge in [-0.15, -0.1) is 11.6 Å². The summed E-state index contributed by atoms with van der Waals surface area (Å²) in [5, 5.41) is 3.00. The smallest absolute Gasteiger partial charge is 0.146 e. The summed E-state index contributed by atoms with van der Waals surface area (Å²) in [4.78, 5) is 0. The molecule has 1 N–H and O–H groups in total. The topological polar surface area (TPSA) is 12.0 Å². The standard InChI is InChI=1S/C11H13ClFN/c1-9-5-4-6-10(13)11(9)14-8-3-2-7-12/h2-6,14H,7-8H2,1H3/b3-2+. The van der Waals surface area contributed by atoms with E-state index in [-0.39, 0.29) is 5.82 Å². The molecule has 0 aromatic heterocycles. The fourth-order valence-corrected chi connectivity index (χ4v) is 1.29. The molecular weight excluding hydrogens is 201 g/mol. The summed E-state index contributed by atoms with van der Waals surface area (Å²) in [6.45, 7) is 2.46. The Morgan fingerprint density at radius 2 is 2.21 bits per heavy atom. The predicted octanol–water partition coefficient (Wildman–Crippen LogP) is 3.34. The van der Waals surface area contributed by atoms with Gasteiger partial charge >= 0.3 is 0 Å². The molecule has 1 aromatic rings. The van der Waals surface area contributed by atoms with Crippen LogP contribution < -0.4 is 5.32 Å². The maximum atomic E-state index is 13.2. The van der Waals surface area contributed by atoms with Crippen molar-refractivity contribution in [2.45, 2.75) is 6.92 Å². The molecule has 0 aliphatic rings. The maximum Gasteiger partial charge on any atom is 0.146 e. The monoisotopic (exact) mass is 213 g/mol. The van der Waals surface area contributed by atoms with Crippen LogP contribution in [0.3, 0.4) is 0 Å². The molecular formula is C11H13ClFN. The van der Waals surface area contributed by atoms with Crippen molar-refractivity contribution in [3.8, 4) is 0 Å². The van der Waals surface area contributed by atoms with Gasteiger partial charge in [0.2, 0.25) is 0 Å². The van der Waals surface area contributed by atoms with Gasteiger partial charge in [0.15, 0.2) is 0 Å². The Morgan fingerprint density at radius 1 is 1.43 bits per heavy atom. The summed E-state index contributed by atoms with van der Waals surface area (Å²) in [5.41, 5.74) is 1.47. The fraction of sp³-hybridized carbons (Fsp3) is 0.273. The van der Waals surface area contributed by atoms with Crippen LogP contribution in [0.2, 0.25) is 0 Å². The van der Waals surface area contributed by atoms with Crippen molar-refractivity contribution in [3.05, 3.63) is 41.7 Å². The normalized spacial score (nSPS) is 10.8. The fourth-order valence-electron chi connectivity index (χ4n) is 1.16. The first-order chi connectivity index (χ1) is 6.75. The van der Waals surface area contributed by atoms with Gasteiger partial charge in [0, 0.05) is 12.4 Å². The molecule has 1 aromatic carbocycles. The van der Waals surface area contributed by atoms with E-state index in [1.165, 1.54) is 6.07 Å². The molecule has 0 unspecified atom stereocenters. The molecule has 0 spiro atoms. The first kappa shape index (κ1) is 11.1. The minimum atomic E-state index is -0.218. The van der Waals surface area contributed by atoms with Crippen LogP contribution in [0.15, 0.2) is 30.4 Å². The Morgan fingerprint density at radius 3 is 2.86 bits per heavy atom. The summed E-state index contributed by atoms with van der Waals surface area (Å²) < 4.78 is 13.2. The van der Waals surface area contributed by atoms with E-state index >= 15 is 0 Å². The number of aryl methyl sites for hydroxylation is 1. The summed E-state index contributed by atoms with van der Waals surface area (Å²) in [7, 11) is 0. The first-order valence-electron chi connectivity index (χ1n) is 4.45. The van der Waals surface area contributed by atoms with Crippen LogP contribution in [0.25, 0.3) is 0 Å². The summed E-state index contributed by atoms with van der Waals surface area (Å²) in [6, 6.07) is 5.02. The number of nitrogens with one attached hydrogen (secondary N) is 1. The highest BCUT2D eigenvalue weighted by atomic mass is 35.5. The number of allylic oxidation sites excluding steroid dienone is 1. The Bertz CT molecular complexity index is 303. The molecule has 0 atom stereocenters. The van der Waals surface area contributed by atoms with Gasteiger partial charge in [0.1, 0.15) is 5.82 Å². The molecule has 0 radical (unpaired) electrons. The van der Waals surface area contributed by atoms with Crippen molar-refractivity contribution in [1.29, 1.82) is 0 Å². The number of para-hydroxylation sites is 1. The predicted molar refractivity (Wildman–Crippen MR) is 59.5 cm³/mol. The summed E-state index contributed by atoms with van der Waals surface area (Å²) in [6.07, 6.45) is 3.70. The molecule has 0 heterocycles. The van der Waals surface area contributed by atoms with Crippen molar-refractivity contribution in [2.24, 2.45) is 0 Å². The van der Waals surface area contributed by atoms with Gasteiger partial charge in [0.05, 0.1) is 5.69 Å². The largest absolute Gasteiger partial charge is 0.379 e. The van der Waals surface area contributed by atoms with Crippen molar-refractivity contribution in [2.75, 3.05) is 17.7 Å². The molecule has 76 valence electrons. The average molecular weight is 214 g/mol. The number of benzene rings is 1. The Labute approximate surface area is 88.6 Å². The van der Waals surface area contributed by atoms with Crippen molar-refractivity contribution in [3.63, 3.8) is 0 Å². The van der Waals surface area contributed by atoms with Gasteiger partial charge in [0.25, 0.3) is 0 Å². The zero-order valence-corrected chi connectivity index (χ0v) is 8.81. The van der Waals surface area contributed by atoms with E-state index in [2.05, 4.69) is 5.32 Å². The van der Waals surface area contributed by atoms with Gasteiger partial charge in [-0.05, 0) is 18.6 Å². The van der Waals surface area contributed by atoms with Crippen LogP contribution >= 0.6 is 11.6 Å². The second-order valence-corrected chi connectivity index (χ2v) is 3.25. The lowest BCUT2D eigenvalue weighted by molar-refractivity contribution is 0.630. The van der Waals surface area contributed by atoms with Crippen LogP contribution in [-0.4, -0.2) is 12.4 Å². The summed E-state index contributed by atoms with van der Waals surface area (Å²) >= 11 is 5.46. The van der Waals surface area contributed by atoms with Crippen LogP contribution in [0.5, 0.6) is 0 Å². The minimum Gasteiger partial charge on any atom is -0.379 e. The third-order valence-electron chi connectivity index (χ3n) is 1.87. The molecule has 0 aliphatic carbocycles. The van der Waals surface area contributed by atoms with E-state index in [0.717, 1.165) is 5.56 Å². The Balaban J connectivity index is 2.62. The molecule has 0 saturated carbocycles. The molecule has 0 fully saturated rings. The van der Waals surface area contributed by atoms with Crippen LogP contribution in [0, 0.1) is 12.7 Å². The highest BCUT2D eigenvalue weighted by Gasteiger charge is 2.02. The zero-order valence-electron chi connectivity index (χ0n) is 8.06. The van der Waals surface area contributed by atoms with Crippen molar-refractivity contribution >= 4 is 17.3 Å². The Kier molecular flexibility index (Phi) is 4.47. The quantitative estimate of drug-likeness (QED) is 0.598. The number of anilines is 1. The molecule has 3 heteroatoms. The third-order valence-corrected chi connectivity index (χ3v) is 2.05. The molecule has 0 saturated heterocycles. The maximum absolute atomic E-state index is 13.2. The van der Waals surface area contributed by atoms with Crippen LogP contribution in [0.4, 0.5) is 10.1 Å². The van der Waals surface area contributed by atoms with E-state index < -0.39 is 0 Å². The van der Waals surface area contributed by atoms with Crippen molar-refractivity contribution in [1.82, 2.24) is 0 Å². The molecule has 1 rings (SSSR count). The SMILES string of the molecule is Cc1cccc(F)c1NC/C=C/CCl. The van der Waals surface area contributed by atoms with E-state index in [1.807, 2.05) is 25.1 Å². The Hall–Kier alpha value is -1.02. The number of halogens is 2. The van der Waals surface area contributed by atoms with Crippen LogP contribution in [-0.2, 0) is 0 Å². The molecule has 0 aliphatic heterocycles. The second kappa shape index (κ2) is 5.66. The highest BCUT2D eigenvalue weighted by molar-refractivity contribution is 6.18. The average Bonchev–Trinajstić information content (AvgIpc) is 2.16. The van der Waals surface area contributed by atoms with Crippen molar-refractivity contribution < 1.29 is 4.39 Å². The number of hydrogen-bond acceptors (Lipinski definition) is 1. The lowest BCUT2D eigenvalue weighted by atomic mass is 10.2. The molecule has 0 bridgehead atoms. The van der Waals surface area contributed by atoms with E-state index in [9.17, 15) is 4.39 Å². The van der Waals surface area contributed by atoms with Gasteiger partial charge < -0.3 is 5.32 Å². The van der Waals surface area contributed by atoms with E-state index in [0.29, 0.717) is 18.1 Å². The van der Waals surface area contributed by atoms with E-state index in [4.69, 9.17) is 11.6 Å². The summed E-state index contributed by atoms with van der Waals surface area (Å²) in [5.74, 6) is 0.266. The lowest BCUT2D eigenvalue weighted by Crippen LogP contribution is -2.02. The minimum absolute atomic E-state index is 0.218. The second-order valence-electron chi connectivity index (χ2n) is 2.94. The zero-order chi connectivity index (χ0) is 10.4. The van der Waals surface area contributed by atoms with Gasteiger partial charge in [-0.25, -0.2) is 4.39 Å². The number of rotatable bonds is 4. The van der Waals surface area contributed by atoms with E-state index in [1.54, 1.807) is 6.07 Å². The first-order valence-corrected chi connectivity index (χ1v) is 4.99. The molecule has 0 amide bonds. The lowest BCUT2D eigenvalue weighted by Gasteiger charge is -2.07. The van der Waals surface area contributed by atoms with Gasteiger partial charge in [-0.1, -0.05) is 24.3 Å². The van der Waals surface area contributed by atoms with Gasteiger partial charge in [-0.2, -0.15) is 0 Å². The number of alkyl halides is 1. The number of hydrogen-bond donors (Lipinski definition) is 1. The molecule has 14 heavy (non-hydrogen) atoms. The van der Waals surface area contributed by atoms with Gasteiger partial charge in [-0.3, -0.25) is 0 Å². The molecule has 1 nitrogen and oxygen atoms in total.